The minimum atomic E-state index is -0.204. The van der Waals surface area contributed by atoms with Gasteiger partial charge in [0.1, 0.15) is 11.6 Å². The molecular formula is C15H22N2O2S. The minimum absolute atomic E-state index is 0.0273. The number of rotatable bonds is 7. The van der Waals surface area contributed by atoms with E-state index in [9.17, 15) is 4.79 Å². The lowest BCUT2D eigenvalue weighted by Crippen LogP contribution is -2.24. The molecule has 5 heteroatoms. The third-order valence-corrected chi connectivity index (χ3v) is 2.99. The Labute approximate surface area is 125 Å². The average Bonchev–Trinajstić information content (AvgIpc) is 2.36. The Kier molecular flexibility index (Phi) is 6.61. The summed E-state index contributed by atoms with van der Waals surface area (Å²) in [7, 11) is 0. The smallest absolute Gasteiger partial charge is 0.250 e. The number of thiocarbonyl (C=S) groups is 1. The molecule has 20 heavy (non-hydrogen) atoms. The molecule has 0 heterocycles. The zero-order valence-corrected chi connectivity index (χ0v) is 13.0. The summed E-state index contributed by atoms with van der Waals surface area (Å²) >= 11 is 4.95. The highest BCUT2D eigenvalue weighted by Crippen LogP contribution is 2.15. The second kappa shape index (κ2) is 7.97. The monoisotopic (exact) mass is 294 g/mol. The summed E-state index contributed by atoms with van der Waals surface area (Å²) in [6, 6.07) is 7.19. The molecule has 1 atom stereocenters. The van der Waals surface area contributed by atoms with E-state index in [1.807, 2.05) is 19.1 Å². The standard InChI is InChI=1S/C15H22N2O2S/c1-10(2)8-11(3)19-9-14(18)17-13-7-5-4-6-12(13)15(16)20/h4-7,10-11H,8-9H2,1-3H3,(H2,16,20)(H,17,18). The van der Waals surface area contributed by atoms with Crippen LogP contribution in [0.15, 0.2) is 24.3 Å². The number of para-hydroxylation sites is 1. The third kappa shape index (κ3) is 5.67. The minimum Gasteiger partial charge on any atom is -0.389 e. The Morgan fingerprint density at radius 2 is 2.00 bits per heavy atom. The summed E-state index contributed by atoms with van der Waals surface area (Å²) in [5.41, 5.74) is 6.89. The van der Waals surface area contributed by atoms with Gasteiger partial charge in [-0.2, -0.15) is 0 Å². The van der Waals surface area contributed by atoms with Gasteiger partial charge in [-0.25, -0.2) is 0 Å². The summed E-state index contributed by atoms with van der Waals surface area (Å²) in [4.78, 5) is 12.1. The number of anilines is 1. The highest BCUT2D eigenvalue weighted by molar-refractivity contribution is 7.80. The van der Waals surface area contributed by atoms with Crippen molar-refractivity contribution in [2.45, 2.75) is 33.3 Å². The number of hydrogen-bond acceptors (Lipinski definition) is 3. The number of carbonyl (C=O) groups is 1. The Hall–Kier alpha value is -1.46. The molecule has 0 saturated carbocycles. The molecule has 0 bridgehead atoms. The van der Waals surface area contributed by atoms with Crippen LogP contribution in [0.3, 0.4) is 0 Å². The molecule has 0 saturated heterocycles. The van der Waals surface area contributed by atoms with Crippen LogP contribution in [0.4, 0.5) is 5.69 Å². The van der Waals surface area contributed by atoms with Crippen LogP contribution in [0.5, 0.6) is 0 Å². The highest BCUT2D eigenvalue weighted by atomic mass is 32.1. The van der Waals surface area contributed by atoms with Crippen LogP contribution in [0.25, 0.3) is 0 Å². The first-order valence-electron chi connectivity index (χ1n) is 6.70. The normalized spacial score (nSPS) is 12.2. The van der Waals surface area contributed by atoms with E-state index in [0.29, 0.717) is 17.2 Å². The Bertz CT molecular complexity index is 475. The maximum Gasteiger partial charge on any atom is 0.250 e. The third-order valence-electron chi connectivity index (χ3n) is 2.77. The SMILES string of the molecule is CC(C)CC(C)OCC(=O)Nc1ccccc1C(N)=S. The van der Waals surface area contributed by atoms with Gasteiger partial charge >= 0.3 is 0 Å². The van der Waals surface area contributed by atoms with Gasteiger partial charge in [-0.15, -0.1) is 0 Å². The fraction of sp³-hybridized carbons (Fsp3) is 0.467. The highest BCUT2D eigenvalue weighted by Gasteiger charge is 2.11. The van der Waals surface area contributed by atoms with Crippen LogP contribution in [-0.4, -0.2) is 23.6 Å². The van der Waals surface area contributed by atoms with Crippen molar-refractivity contribution in [2.24, 2.45) is 11.7 Å². The number of benzene rings is 1. The number of hydrogen-bond donors (Lipinski definition) is 2. The molecule has 0 aliphatic rings. The topological polar surface area (TPSA) is 64.3 Å². The zero-order valence-electron chi connectivity index (χ0n) is 12.2. The lowest BCUT2D eigenvalue weighted by atomic mass is 10.1. The molecule has 1 unspecified atom stereocenters. The van der Waals surface area contributed by atoms with E-state index in [2.05, 4.69) is 19.2 Å². The van der Waals surface area contributed by atoms with Gasteiger partial charge in [-0.05, 0) is 31.4 Å². The maximum atomic E-state index is 11.9. The quantitative estimate of drug-likeness (QED) is 0.759. The Balaban J connectivity index is 2.53. The molecule has 0 radical (unpaired) electrons. The molecule has 0 spiro atoms. The molecule has 0 aliphatic heterocycles. The molecule has 1 amide bonds. The number of amides is 1. The first kappa shape index (κ1) is 16.6. The predicted molar refractivity (Wildman–Crippen MR) is 85.8 cm³/mol. The summed E-state index contributed by atoms with van der Waals surface area (Å²) in [6.07, 6.45) is 0.989. The van der Waals surface area contributed by atoms with Gasteiger partial charge in [0.15, 0.2) is 0 Å². The number of nitrogens with two attached hydrogens (primary N) is 1. The largest absolute Gasteiger partial charge is 0.389 e. The van der Waals surface area contributed by atoms with Crippen molar-refractivity contribution in [1.29, 1.82) is 0 Å². The molecule has 1 aromatic rings. The summed E-state index contributed by atoms with van der Waals surface area (Å²) in [5, 5.41) is 2.77. The molecule has 0 fully saturated rings. The van der Waals surface area contributed by atoms with E-state index >= 15 is 0 Å². The van der Waals surface area contributed by atoms with Crippen molar-refractivity contribution in [2.75, 3.05) is 11.9 Å². The van der Waals surface area contributed by atoms with Gasteiger partial charge in [-0.3, -0.25) is 4.79 Å². The zero-order chi connectivity index (χ0) is 15.1. The van der Waals surface area contributed by atoms with E-state index in [1.54, 1.807) is 12.1 Å². The fourth-order valence-corrected chi connectivity index (χ4v) is 2.12. The second-order valence-corrected chi connectivity index (χ2v) is 5.65. The van der Waals surface area contributed by atoms with E-state index in [4.69, 9.17) is 22.7 Å². The van der Waals surface area contributed by atoms with Crippen molar-refractivity contribution in [3.8, 4) is 0 Å². The van der Waals surface area contributed by atoms with Gasteiger partial charge in [0.2, 0.25) is 5.91 Å². The van der Waals surface area contributed by atoms with E-state index in [1.165, 1.54) is 0 Å². The number of ether oxygens (including phenoxy) is 1. The van der Waals surface area contributed by atoms with Crippen molar-refractivity contribution in [3.63, 3.8) is 0 Å². The van der Waals surface area contributed by atoms with Gasteiger partial charge in [-0.1, -0.05) is 38.2 Å². The molecular weight excluding hydrogens is 272 g/mol. The van der Waals surface area contributed by atoms with E-state index in [-0.39, 0.29) is 23.6 Å². The summed E-state index contributed by atoms with van der Waals surface area (Å²) in [5.74, 6) is 0.340. The lowest BCUT2D eigenvalue weighted by molar-refractivity contribution is -0.122. The summed E-state index contributed by atoms with van der Waals surface area (Å²) in [6.45, 7) is 6.24. The van der Waals surface area contributed by atoms with Crippen molar-refractivity contribution >= 4 is 28.8 Å². The van der Waals surface area contributed by atoms with Crippen LogP contribution in [0.2, 0.25) is 0 Å². The van der Waals surface area contributed by atoms with Gasteiger partial charge < -0.3 is 15.8 Å². The number of carbonyl (C=O) groups excluding carboxylic acids is 1. The molecule has 0 aliphatic carbocycles. The molecule has 3 N–H and O–H groups in total. The molecule has 110 valence electrons. The van der Waals surface area contributed by atoms with Crippen LogP contribution >= 0.6 is 12.2 Å². The first-order valence-corrected chi connectivity index (χ1v) is 7.11. The fourth-order valence-electron chi connectivity index (χ4n) is 1.94. The maximum absolute atomic E-state index is 11.9. The Morgan fingerprint density at radius 3 is 2.60 bits per heavy atom. The molecule has 4 nitrogen and oxygen atoms in total. The molecule has 0 aromatic heterocycles. The lowest BCUT2D eigenvalue weighted by Gasteiger charge is -2.15. The van der Waals surface area contributed by atoms with Gasteiger partial charge in [0.25, 0.3) is 0 Å². The van der Waals surface area contributed by atoms with Gasteiger partial charge in [0, 0.05) is 5.56 Å². The van der Waals surface area contributed by atoms with Crippen LogP contribution in [0, 0.1) is 5.92 Å². The first-order chi connectivity index (χ1) is 9.40. The molecule has 1 rings (SSSR count). The van der Waals surface area contributed by atoms with Crippen molar-refractivity contribution in [3.05, 3.63) is 29.8 Å². The van der Waals surface area contributed by atoms with Crippen LogP contribution in [0.1, 0.15) is 32.8 Å². The van der Waals surface area contributed by atoms with Crippen molar-refractivity contribution in [1.82, 2.24) is 0 Å². The Morgan fingerprint density at radius 1 is 1.35 bits per heavy atom. The average molecular weight is 294 g/mol. The second-order valence-electron chi connectivity index (χ2n) is 5.21. The van der Waals surface area contributed by atoms with Crippen LogP contribution < -0.4 is 11.1 Å². The molecule has 1 aromatic carbocycles. The van der Waals surface area contributed by atoms with Crippen molar-refractivity contribution < 1.29 is 9.53 Å². The van der Waals surface area contributed by atoms with Gasteiger partial charge in [0.05, 0.1) is 11.8 Å². The summed E-state index contributed by atoms with van der Waals surface area (Å²) < 4.78 is 5.51. The van der Waals surface area contributed by atoms with Crippen LogP contribution in [-0.2, 0) is 9.53 Å². The number of nitrogens with one attached hydrogen (secondary N) is 1. The van der Waals surface area contributed by atoms with E-state index < -0.39 is 0 Å². The van der Waals surface area contributed by atoms with E-state index in [0.717, 1.165) is 6.42 Å². The predicted octanol–water partition coefficient (Wildman–Crippen LogP) is 2.71.